The number of carbonyl (C=O) groups is 1. The molecule has 1 aromatic carbocycles. The first-order chi connectivity index (χ1) is 6.06. The van der Waals surface area contributed by atoms with Gasteiger partial charge < -0.3 is 0 Å². The molecular formula is C8H4ClF3O. The van der Waals surface area contributed by atoms with Gasteiger partial charge in [0.25, 0.3) is 0 Å². The molecule has 13 heavy (non-hydrogen) atoms. The minimum absolute atomic E-state index is 0.433. The van der Waals surface area contributed by atoms with Crippen molar-refractivity contribution in [3.63, 3.8) is 0 Å². The summed E-state index contributed by atoms with van der Waals surface area (Å²) in [7, 11) is 0. The lowest BCUT2D eigenvalue weighted by Gasteiger charge is -2.01. The van der Waals surface area contributed by atoms with E-state index in [1.807, 2.05) is 0 Å². The van der Waals surface area contributed by atoms with Gasteiger partial charge in [-0.25, -0.2) is 13.2 Å². The Labute approximate surface area is 77.1 Å². The lowest BCUT2D eigenvalue weighted by Crippen LogP contribution is -2.07. The van der Waals surface area contributed by atoms with E-state index in [2.05, 4.69) is 0 Å². The number of carbonyl (C=O) groups excluding carboxylic acids is 1. The number of benzene rings is 1. The van der Waals surface area contributed by atoms with E-state index in [1.165, 1.54) is 0 Å². The number of ketones is 1. The standard InChI is InChI=1S/C8H4ClF3O/c9-3-7(13)8-5(11)1-4(10)2-6(8)12/h1-2H,3H2. The second-order valence-electron chi connectivity index (χ2n) is 2.30. The van der Waals surface area contributed by atoms with E-state index in [0.29, 0.717) is 12.1 Å². The van der Waals surface area contributed by atoms with Gasteiger partial charge in [0.1, 0.15) is 17.5 Å². The molecule has 0 amide bonds. The number of alkyl halides is 1. The predicted molar refractivity (Wildman–Crippen MR) is 41.4 cm³/mol. The fourth-order valence-corrected chi connectivity index (χ4v) is 1.01. The third kappa shape index (κ3) is 2.01. The predicted octanol–water partition coefficient (Wildman–Crippen LogP) is 2.53. The Kier molecular flexibility index (Phi) is 2.93. The summed E-state index contributed by atoms with van der Waals surface area (Å²) in [5.74, 6) is -4.98. The first-order valence-electron chi connectivity index (χ1n) is 3.30. The minimum Gasteiger partial charge on any atom is -0.293 e. The maximum Gasteiger partial charge on any atom is 0.183 e. The molecule has 1 aromatic rings. The number of hydrogen-bond acceptors (Lipinski definition) is 1. The summed E-state index contributed by atoms with van der Waals surface area (Å²) in [4.78, 5) is 10.8. The summed E-state index contributed by atoms with van der Waals surface area (Å²) < 4.78 is 37.9. The smallest absolute Gasteiger partial charge is 0.183 e. The number of hydrogen-bond donors (Lipinski definition) is 0. The van der Waals surface area contributed by atoms with Gasteiger partial charge in [-0.15, -0.1) is 11.6 Å². The normalized spacial score (nSPS) is 10.2. The van der Waals surface area contributed by atoms with Crippen LogP contribution in [0.4, 0.5) is 13.2 Å². The number of rotatable bonds is 2. The largest absolute Gasteiger partial charge is 0.293 e. The minimum atomic E-state index is -1.23. The molecule has 70 valence electrons. The van der Waals surface area contributed by atoms with Crippen LogP contribution < -0.4 is 0 Å². The molecule has 0 bridgehead atoms. The SMILES string of the molecule is O=C(CCl)c1c(F)cc(F)cc1F. The van der Waals surface area contributed by atoms with Crippen molar-refractivity contribution in [1.82, 2.24) is 0 Å². The van der Waals surface area contributed by atoms with Crippen LogP contribution in [0.25, 0.3) is 0 Å². The molecule has 0 aromatic heterocycles. The van der Waals surface area contributed by atoms with Crippen molar-refractivity contribution < 1.29 is 18.0 Å². The van der Waals surface area contributed by atoms with Gasteiger partial charge in [-0.2, -0.15) is 0 Å². The summed E-state index contributed by atoms with van der Waals surface area (Å²) in [5.41, 5.74) is -0.795. The van der Waals surface area contributed by atoms with Crippen molar-refractivity contribution in [2.45, 2.75) is 0 Å². The Bertz CT molecular complexity index is 328. The first-order valence-corrected chi connectivity index (χ1v) is 3.83. The van der Waals surface area contributed by atoms with E-state index in [0.717, 1.165) is 0 Å². The second-order valence-corrected chi connectivity index (χ2v) is 2.57. The van der Waals surface area contributed by atoms with Crippen molar-refractivity contribution in [2.24, 2.45) is 0 Å². The Morgan fingerprint density at radius 2 is 1.69 bits per heavy atom. The molecule has 0 radical (unpaired) electrons. The third-order valence-electron chi connectivity index (χ3n) is 1.41. The van der Waals surface area contributed by atoms with Gasteiger partial charge in [-0.1, -0.05) is 0 Å². The van der Waals surface area contributed by atoms with Gasteiger partial charge in [-0.3, -0.25) is 4.79 Å². The van der Waals surface area contributed by atoms with Gasteiger partial charge in [-0.05, 0) is 0 Å². The molecule has 0 fully saturated rings. The van der Waals surface area contributed by atoms with Crippen molar-refractivity contribution >= 4 is 17.4 Å². The van der Waals surface area contributed by atoms with Crippen LogP contribution in [0.15, 0.2) is 12.1 Å². The van der Waals surface area contributed by atoms with Gasteiger partial charge >= 0.3 is 0 Å². The fraction of sp³-hybridized carbons (Fsp3) is 0.125. The van der Waals surface area contributed by atoms with Crippen LogP contribution >= 0.6 is 11.6 Å². The van der Waals surface area contributed by atoms with Crippen LogP contribution in [0.1, 0.15) is 10.4 Å². The number of halogens is 4. The topological polar surface area (TPSA) is 17.1 Å². The van der Waals surface area contributed by atoms with Crippen LogP contribution in [0.3, 0.4) is 0 Å². The van der Waals surface area contributed by atoms with Crippen molar-refractivity contribution in [2.75, 3.05) is 5.88 Å². The zero-order valence-electron chi connectivity index (χ0n) is 6.28. The molecule has 0 saturated heterocycles. The Morgan fingerprint density at radius 1 is 1.23 bits per heavy atom. The maximum atomic E-state index is 12.8. The van der Waals surface area contributed by atoms with Gasteiger partial charge in [0.15, 0.2) is 5.78 Å². The van der Waals surface area contributed by atoms with Gasteiger partial charge in [0, 0.05) is 12.1 Å². The molecule has 0 saturated carbocycles. The highest BCUT2D eigenvalue weighted by atomic mass is 35.5. The molecule has 1 nitrogen and oxygen atoms in total. The Morgan fingerprint density at radius 3 is 2.08 bits per heavy atom. The van der Waals surface area contributed by atoms with Crippen LogP contribution in [-0.2, 0) is 0 Å². The monoisotopic (exact) mass is 208 g/mol. The van der Waals surface area contributed by atoms with E-state index >= 15 is 0 Å². The van der Waals surface area contributed by atoms with Gasteiger partial charge in [0.2, 0.25) is 0 Å². The van der Waals surface area contributed by atoms with E-state index in [-0.39, 0.29) is 0 Å². The Balaban J connectivity index is 3.28. The van der Waals surface area contributed by atoms with Crippen LogP contribution in [0, 0.1) is 17.5 Å². The second kappa shape index (κ2) is 3.79. The highest BCUT2D eigenvalue weighted by Crippen LogP contribution is 2.15. The summed E-state index contributed by atoms with van der Waals surface area (Å²) in [6.45, 7) is 0. The molecule has 0 aliphatic heterocycles. The first kappa shape index (κ1) is 10.1. The van der Waals surface area contributed by atoms with Crippen LogP contribution in [-0.4, -0.2) is 11.7 Å². The molecule has 0 spiro atoms. The molecule has 0 atom stereocenters. The molecule has 0 heterocycles. The van der Waals surface area contributed by atoms with Crippen LogP contribution in [0.5, 0.6) is 0 Å². The lowest BCUT2D eigenvalue weighted by atomic mass is 10.1. The third-order valence-corrected chi connectivity index (χ3v) is 1.65. The summed E-state index contributed by atoms with van der Waals surface area (Å²) >= 11 is 5.09. The van der Waals surface area contributed by atoms with Crippen LogP contribution in [0.2, 0.25) is 0 Å². The van der Waals surface area contributed by atoms with E-state index in [1.54, 1.807) is 0 Å². The molecule has 0 N–H and O–H groups in total. The zero-order chi connectivity index (χ0) is 10.0. The quantitative estimate of drug-likeness (QED) is 0.539. The molecular weight excluding hydrogens is 205 g/mol. The average Bonchev–Trinajstić information content (AvgIpc) is 2.02. The lowest BCUT2D eigenvalue weighted by molar-refractivity contribution is 0.101. The average molecular weight is 209 g/mol. The summed E-state index contributed by atoms with van der Waals surface area (Å²) in [6, 6.07) is 0.867. The maximum absolute atomic E-state index is 12.8. The molecule has 0 aliphatic rings. The van der Waals surface area contributed by atoms with E-state index < -0.39 is 34.7 Å². The highest BCUT2D eigenvalue weighted by molar-refractivity contribution is 6.30. The fourth-order valence-electron chi connectivity index (χ4n) is 0.875. The number of Topliss-reactive ketones (excluding diaryl/α,β-unsaturated/α-hetero) is 1. The van der Waals surface area contributed by atoms with Crippen molar-refractivity contribution in [3.05, 3.63) is 35.1 Å². The molecule has 0 aliphatic carbocycles. The zero-order valence-corrected chi connectivity index (χ0v) is 7.04. The summed E-state index contributed by atoms with van der Waals surface area (Å²) in [5, 5.41) is 0. The molecule has 0 unspecified atom stereocenters. The van der Waals surface area contributed by atoms with Crippen molar-refractivity contribution in [1.29, 1.82) is 0 Å². The highest BCUT2D eigenvalue weighted by Gasteiger charge is 2.17. The molecule has 1 rings (SSSR count). The van der Waals surface area contributed by atoms with E-state index in [4.69, 9.17) is 11.6 Å². The summed E-state index contributed by atoms with van der Waals surface area (Å²) in [6.07, 6.45) is 0. The van der Waals surface area contributed by atoms with Crippen molar-refractivity contribution in [3.8, 4) is 0 Å². The van der Waals surface area contributed by atoms with E-state index in [9.17, 15) is 18.0 Å². The molecule has 5 heteroatoms. The van der Waals surface area contributed by atoms with Gasteiger partial charge in [0.05, 0.1) is 11.4 Å². The Hall–Kier alpha value is -1.03.